The molecule has 86 valence electrons. The van der Waals surface area contributed by atoms with Crippen LogP contribution in [0.2, 0.25) is 0 Å². The van der Waals surface area contributed by atoms with Crippen molar-refractivity contribution < 1.29 is 14.7 Å². The number of aromatic nitrogens is 4. The van der Waals surface area contributed by atoms with Crippen molar-refractivity contribution in [2.45, 2.75) is 0 Å². The Morgan fingerprint density at radius 3 is 2.65 bits per heavy atom. The third-order valence-electron chi connectivity index (χ3n) is 1.88. The van der Waals surface area contributed by atoms with Crippen LogP contribution in [0, 0.1) is 0 Å². The number of rotatable bonds is 3. The lowest BCUT2D eigenvalue weighted by Gasteiger charge is -2.04. The average molecular weight is 233 g/mol. The molecule has 0 aliphatic rings. The van der Waals surface area contributed by atoms with E-state index in [-0.39, 0.29) is 17.2 Å². The fraction of sp³-hybridized carbons (Fsp3) is 0. The number of carbonyl (C=O) groups excluding carboxylic acids is 1. The molecule has 1 amide bonds. The van der Waals surface area contributed by atoms with E-state index in [9.17, 15) is 9.59 Å². The Labute approximate surface area is 94.7 Å². The first-order chi connectivity index (χ1) is 8.18. The lowest BCUT2D eigenvalue weighted by Crippen LogP contribution is -2.17. The fourth-order valence-corrected chi connectivity index (χ4v) is 1.14. The maximum absolute atomic E-state index is 11.6. The molecule has 2 aromatic heterocycles. The second kappa shape index (κ2) is 4.39. The lowest BCUT2D eigenvalue weighted by atomic mass is 10.3. The Morgan fingerprint density at radius 1 is 1.24 bits per heavy atom. The number of carboxylic acids is 1. The average Bonchev–Trinajstić information content (AvgIpc) is 2.83. The molecule has 3 N–H and O–H groups in total. The predicted octanol–water partition coefficient (Wildman–Crippen LogP) is 0.150. The number of carbonyl (C=O) groups is 2. The zero-order valence-corrected chi connectivity index (χ0v) is 8.41. The van der Waals surface area contributed by atoms with Crippen molar-refractivity contribution in [3.63, 3.8) is 0 Å². The molecule has 0 bridgehead atoms. The Morgan fingerprint density at radius 2 is 2.00 bits per heavy atom. The lowest BCUT2D eigenvalue weighted by molar-refractivity contribution is 0.0691. The van der Waals surface area contributed by atoms with Crippen molar-refractivity contribution in [2.24, 2.45) is 0 Å². The van der Waals surface area contributed by atoms with Gasteiger partial charge in [-0.1, -0.05) is 0 Å². The molecule has 0 aromatic carbocycles. The largest absolute Gasteiger partial charge is 0.476 e. The van der Waals surface area contributed by atoms with Crippen LogP contribution in [0.25, 0.3) is 0 Å². The minimum Gasteiger partial charge on any atom is -0.476 e. The summed E-state index contributed by atoms with van der Waals surface area (Å²) in [5, 5.41) is 17.2. The molecule has 8 nitrogen and oxygen atoms in total. The van der Waals surface area contributed by atoms with Crippen molar-refractivity contribution >= 4 is 17.7 Å². The highest BCUT2D eigenvalue weighted by atomic mass is 16.4. The summed E-state index contributed by atoms with van der Waals surface area (Å²) in [6.45, 7) is 0. The van der Waals surface area contributed by atoms with Gasteiger partial charge in [0.2, 0.25) is 0 Å². The van der Waals surface area contributed by atoms with Crippen LogP contribution in [0.5, 0.6) is 0 Å². The van der Waals surface area contributed by atoms with Gasteiger partial charge in [-0.05, 0) is 6.07 Å². The van der Waals surface area contributed by atoms with Gasteiger partial charge in [-0.3, -0.25) is 9.89 Å². The summed E-state index contributed by atoms with van der Waals surface area (Å²) in [5.41, 5.74) is -0.118. The molecule has 2 aromatic rings. The molecule has 0 radical (unpaired) electrons. The summed E-state index contributed by atoms with van der Waals surface area (Å²) in [6.07, 6.45) is 3.92. The van der Waals surface area contributed by atoms with E-state index in [1.165, 1.54) is 24.7 Å². The van der Waals surface area contributed by atoms with Crippen LogP contribution in [0.4, 0.5) is 5.82 Å². The van der Waals surface area contributed by atoms with Gasteiger partial charge in [0.25, 0.3) is 5.91 Å². The van der Waals surface area contributed by atoms with Crippen molar-refractivity contribution in [1.29, 1.82) is 0 Å². The fourth-order valence-electron chi connectivity index (χ4n) is 1.14. The normalized spacial score (nSPS) is 9.88. The van der Waals surface area contributed by atoms with Gasteiger partial charge < -0.3 is 10.4 Å². The summed E-state index contributed by atoms with van der Waals surface area (Å²) in [6, 6.07) is 1.45. The molecule has 0 spiro atoms. The highest BCUT2D eigenvalue weighted by molar-refractivity contribution is 6.05. The number of aromatic carboxylic acids is 1. The van der Waals surface area contributed by atoms with Crippen molar-refractivity contribution in [3.8, 4) is 0 Å². The summed E-state index contributed by atoms with van der Waals surface area (Å²) in [7, 11) is 0. The third-order valence-corrected chi connectivity index (χ3v) is 1.88. The van der Waals surface area contributed by atoms with Gasteiger partial charge in [0.1, 0.15) is 5.69 Å². The molecule has 2 heterocycles. The highest BCUT2D eigenvalue weighted by Gasteiger charge is 2.16. The molecule has 0 unspecified atom stereocenters. The van der Waals surface area contributed by atoms with Crippen molar-refractivity contribution in [2.75, 3.05) is 5.32 Å². The van der Waals surface area contributed by atoms with E-state index in [1.54, 1.807) is 0 Å². The highest BCUT2D eigenvalue weighted by Crippen LogP contribution is 2.09. The number of hydrogen-bond donors (Lipinski definition) is 3. The van der Waals surface area contributed by atoms with E-state index in [2.05, 4.69) is 25.5 Å². The monoisotopic (exact) mass is 233 g/mol. The number of amides is 1. The number of anilines is 1. The molecule has 0 saturated heterocycles. The van der Waals surface area contributed by atoms with E-state index in [0.717, 1.165) is 0 Å². The molecule has 0 saturated carbocycles. The van der Waals surface area contributed by atoms with E-state index in [0.29, 0.717) is 0 Å². The van der Waals surface area contributed by atoms with Crippen LogP contribution in [-0.2, 0) is 0 Å². The first-order valence-electron chi connectivity index (χ1n) is 4.53. The second-order valence-corrected chi connectivity index (χ2v) is 2.98. The van der Waals surface area contributed by atoms with E-state index >= 15 is 0 Å². The van der Waals surface area contributed by atoms with Gasteiger partial charge in [-0.2, -0.15) is 5.10 Å². The summed E-state index contributed by atoms with van der Waals surface area (Å²) < 4.78 is 0. The van der Waals surface area contributed by atoms with E-state index in [1.807, 2.05) is 0 Å². The molecule has 2 rings (SSSR count). The Bertz CT molecular complexity index is 552. The number of nitrogens with zero attached hydrogens (tertiary/aromatic N) is 3. The number of H-pyrrole nitrogens is 1. The molecule has 0 aliphatic heterocycles. The van der Waals surface area contributed by atoms with Gasteiger partial charge in [-0.25, -0.2) is 14.8 Å². The van der Waals surface area contributed by atoms with Crippen molar-refractivity contribution in [1.82, 2.24) is 20.2 Å². The van der Waals surface area contributed by atoms with Crippen LogP contribution >= 0.6 is 0 Å². The Balaban J connectivity index is 2.25. The van der Waals surface area contributed by atoms with Crippen LogP contribution in [0.15, 0.2) is 24.7 Å². The Kier molecular flexibility index (Phi) is 2.77. The molecular weight excluding hydrogens is 226 g/mol. The maximum atomic E-state index is 11.6. The van der Waals surface area contributed by atoms with Gasteiger partial charge in [0, 0.05) is 18.6 Å². The molecule has 0 fully saturated rings. The minimum absolute atomic E-state index is 0.111. The van der Waals surface area contributed by atoms with E-state index < -0.39 is 11.9 Å². The van der Waals surface area contributed by atoms with Gasteiger partial charge in [-0.15, -0.1) is 0 Å². The third kappa shape index (κ3) is 2.25. The van der Waals surface area contributed by atoms with Crippen LogP contribution < -0.4 is 5.32 Å². The smallest absolute Gasteiger partial charge is 0.358 e. The zero-order chi connectivity index (χ0) is 12.3. The van der Waals surface area contributed by atoms with Gasteiger partial charge in [0.05, 0.1) is 0 Å². The van der Waals surface area contributed by atoms with Gasteiger partial charge in [0.15, 0.2) is 11.5 Å². The molecule has 17 heavy (non-hydrogen) atoms. The maximum Gasteiger partial charge on any atom is 0.358 e. The molecule has 0 aliphatic carbocycles. The zero-order valence-electron chi connectivity index (χ0n) is 8.41. The number of carboxylic acid groups (broad SMARTS) is 1. The SMILES string of the molecule is O=C(Nc1nccnc1C(=O)O)c1ccn[nH]1. The quantitative estimate of drug-likeness (QED) is 0.693. The van der Waals surface area contributed by atoms with Crippen LogP contribution in [-0.4, -0.2) is 37.1 Å². The van der Waals surface area contributed by atoms with E-state index in [4.69, 9.17) is 5.11 Å². The first kappa shape index (κ1) is 10.7. The molecular formula is C9H7N5O3. The molecule has 0 atom stereocenters. The number of nitrogens with one attached hydrogen (secondary N) is 2. The summed E-state index contributed by atoms with van der Waals surface area (Å²) >= 11 is 0. The van der Waals surface area contributed by atoms with Crippen LogP contribution in [0.1, 0.15) is 21.0 Å². The standard InChI is InChI=1S/C9H7N5O3/c15-8(5-1-2-12-14-5)13-7-6(9(16)17)10-3-4-11-7/h1-4H,(H,12,14)(H,16,17)(H,11,13,15). The van der Waals surface area contributed by atoms with Gasteiger partial charge >= 0.3 is 5.97 Å². The number of hydrogen-bond acceptors (Lipinski definition) is 5. The Hall–Kier alpha value is -2.77. The number of aromatic amines is 1. The topological polar surface area (TPSA) is 121 Å². The first-order valence-corrected chi connectivity index (χ1v) is 4.53. The summed E-state index contributed by atoms with van der Waals surface area (Å²) in [5.74, 6) is -1.91. The minimum atomic E-state index is -1.27. The molecule has 8 heteroatoms. The summed E-state index contributed by atoms with van der Waals surface area (Å²) in [4.78, 5) is 29.8. The second-order valence-electron chi connectivity index (χ2n) is 2.98. The van der Waals surface area contributed by atoms with Crippen molar-refractivity contribution in [3.05, 3.63) is 36.0 Å². The predicted molar refractivity (Wildman–Crippen MR) is 55.5 cm³/mol. The van der Waals surface area contributed by atoms with Crippen LogP contribution in [0.3, 0.4) is 0 Å².